The quantitative estimate of drug-likeness (QED) is 0.182. The molecular weight excluding hydrogens is 274 g/mol. The van der Waals surface area contributed by atoms with E-state index in [1.165, 1.54) is 89.6 Å². The van der Waals surface area contributed by atoms with Crippen molar-refractivity contribution in [3.63, 3.8) is 0 Å². The van der Waals surface area contributed by atoms with Crippen LogP contribution >= 0.6 is 0 Å². The van der Waals surface area contributed by atoms with Crippen LogP contribution in [0.15, 0.2) is 4.99 Å². The predicted octanol–water partition coefficient (Wildman–Crippen LogP) is 5.82. The Balaban J connectivity index is 2.95. The molecule has 0 atom stereocenters. The second kappa shape index (κ2) is 20.3. The summed E-state index contributed by atoms with van der Waals surface area (Å²) in [6.45, 7) is 4.07. The number of hydrogen-bond acceptors (Lipinski definition) is 3. The van der Waals surface area contributed by atoms with E-state index in [4.69, 9.17) is 4.74 Å². The first-order valence-electron chi connectivity index (χ1n) is 9.53. The summed E-state index contributed by atoms with van der Waals surface area (Å²) in [5.41, 5.74) is 0. The van der Waals surface area contributed by atoms with E-state index in [1.54, 1.807) is 0 Å². The van der Waals surface area contributed by atoms with Crippen LogP contribution in [0.4, 0.5) is 0 Å². The maximum atomic E-state index is 9.83. The van der Waals surface area contributed by atoms with Crippen LogP contribution in [-0.2, 0) is 9.53 Å². The highest BCUT2D eigenvalue weighted by atomic mass is 16.5. The van der Waals surface area contributed by atoms with E-state index in [0.29, 0.717) is 13.2 Å². The number of hydrogen-bond donors (Lipinski definition) is 0. The highest BCUT2D eigenvalue weighted by Gasteiger charge is 1.94. The number of carbonyl (C=O) groups excluding carboxylic acids is 1. The zero-order valence-corrected chi connectivity index (χ0v) is 14.8. The number of ether oxygens (including phenoxy) is 1. The van der Waals surface area contributed by atoms with Crippen molar-refractivity contribution in [2.75, 3.05) is 19.8 Å². The van der Waals surface area contributed by atoms with E-state index in [-0.39, 0.29) is 0 Å². The van der Waals surface area contributed by atoms with E-state index in [1.807, 2.05) is 0 Å². The Morgan fingerprint density at radius 1 is 0.682 bits per heavy atom. The fourth-order valence-electron chi connectivity index (χ4n) is 2.66. The van der Waals surface area contributed by atoms with Crippen LogP contribution in [-0.4, -0.2) is 25.8 Å². The normalized spacial score (nSPS) is 10.6. The molecule has 0 aromatic heterocycles. The largest absolute Gasteiger partial charge is 0.379 e. The first-order chi connectivity index (χ1) is 10.9. The molecule has 0 aliphatic carbocycles. The summed E-state index contributed by atoms with van der Waals surface area (Å²) >= 11 is 0. The third-order valence-corrected chi connectivity index (χ3v) is 4.05. The number of unbranched alkanes of at least 4 members (excludes halogenated alkanes) is 13. The average Bonchev–Trinajstić information content (AvgIpc) is 2.54. The maximum Gasteiger partial charge on any atom is 0.235 e. The van der Waals surface area contributed by atoms with Crippen molar-refractivity contribution in [1.29, 1.82) is 0 Å². The first-order valence-corrected chi connectivity index (χ1v) is 9.53. The van der Waals surface area contributed by atoms with Crippen molar-refractivity contribution >= 4 is 6.08 Å². The maximum absolute atomic E-state index is 9.83. The van der Waals surface area contributed by atoms with Gasteiger partial charge in [-0.1, -0.05) is 90.4 Å². The van der Waals surface area contributed by atoms with Gasteiger partial charge in [-0.05, 0) is 6.42 Å². The van der Waals surface area contributed by atoms with Crippen LogP contribution < -0.4 is 0 Å². The summed E-state index contributed by atoms with van der Waals surface area (Å²) in [4.78, 5) is 13.3. The smallest absolute Gasteiger partial charge is 0.235 e. The highest BCUT2D eigenvalue weighted by molar-refractivity contribution is 5.32. The fraction of sp³-hybridized carbons (Fsp3) is 0.947. The fourth-order valence-corrected chi connectivity index (χ4v) is 2.66. The second-order valence-corrected chi connectivity index (χ2v) is 6.18. The summed E-state index contributed by atoms with van der Waals surface area (Å²) in [5, 5.41) is 0. The van der Waals surface area contributed by atoms with Crippen LogP contribution in [0.2, 0.25) is 0 Å². The lowest BCUT2D eigenvalue weighted by Crippen LogP contribution is -1.99. The van der Waals surface area contributed by atoms with Crippen molar-refractivity contribution in [3.05, 3.63) is 0 Å². The van der Waals surface area contributed by atoms with Gasteiger partial charge in [-0.25, -0.2) is 9.79 Å². The van der Waals surface area contributed by atoms with Crippen LogP contribution in [0.3, 0.4) is 0 Å². The Morgan fingerprint density at radius 2 is 1.14 bits per heavy atom. The van der Waals surface area contributed by atoms with Crippen molar-refractivity contribution in [1.82, 2.24) is 0 Å². The van der Waals surface area contributed by atoms with Gasteiger partial charge in [0.15, 0.2) is 0 Å². The molecule has 0 N–H and O–H groups in total. The minimum Gasteiger partial charge on any atom is -0.379 e. The standard InChI is InChI=1S/C19H37NO2/c1-2-3-4-5-6-7-8-9-10-11-12-13-14-15-17-22-18-16-20-19-21/h2-18H2,1H3. The molecule has 3 heteroatoms. The lowest BCUT2D eigenvalue weighted by atomic mass is 10.0. The molecule has 0 aromatic rings. The molecule has 0 fully saturated rings. The molecule has 0 heterocycles. The summed E-state index contributed by atoms with van der Waals surface area (Å²) in [5.74, 6) is 0. The van der Waals surface area contributed by atoms with Crippen LogP contribution in [0, 0.1) is 0 Å². The summed E-state index contributed by atoms with van der Waals surface area (Å²) in [6.07, 6.45) is 20.8. The molecule has 0 aliphatic rings. The van der Waals surface area contributed by atoms with Crippen molar-refractivity contribution in [2.45, 2.75) is 96.8 Å². The summed E-state index contributed by atoms with van der Waals surface area (Å²) in [7, 11) is 0. The Morgan fingerprint density at radius 3 is 1.59 bits per heavy atom. The zero-order valence-electron chi connectivity index (χ0n) is 14.8. The zero-order chi connectivity index (χ0) is 16.1. The molecule has 0 saturated heterocycles. The molecule has 0 spiro atoms. The number of nitrogens with zero attached hydrogens (tertiary/aromatic N) is 1. The lowest BCUT2D eigenvalue weighted by Gasteiger charge is -2.04. The van der Waals surface area contributed by atoms with Gasteiger partial charge in [0, 0.05) is 6.61 Å². The topological polar surface area (TPSA) is 38.7 Å². The predicted molar refractivity (Wildman–Crippen MR) is 94.1 cm³/mol. The Hall–Kier alpha value is -0.660. The van der Waals surface area contributed by atoms with Gasteiger partial charge in [0.05, 0.1) is 13.2 Å². The van der Waals surface area contributed by atoms with Gasteiger partial charge in [-0.15, -0.1) is 0 Å². The molecule has 0 bridgehead atoms. The third kappa shape index (κ3) is 19.3. The van der Waals surface area contributed by atoms with Crippen molar-refractivity contribution in [2.24, 2.45) is 4.99 Å². The number of isocyanates is 1. The Kier molecular flexibility index (Phi) is 19.7. The Bertz CT molecular complexity index is 250. The Labute approximate surface area is 137 Å². The molecule has 0 saturated carbocycles. The lowest BCUT2D eigenvalue weighted by molar-refractivity contribution is 0.137. The number of aliphatic imine (C=N–C) groups is 1. The minimum atomic E-state index is 0.447. The van der Waals surface area contributed by atoms with Gasteiger partial charge in [-0.2, -0.15) is 0 Å². The van der Waals surface area contributed by atoms with Gasteiger partial charge in [0.1, 0.15) is 0 Å². The van der Waals surface area contributed by atoms with E-state index < -0.39 is 0 Å². The number of rotatable bonds is 18. The van der Waals surface area contributed by atoms with Gasteiger partial charge in [0.25, 0.3) is 0 Å². The van der Waals surface area contributed by atoms with Crippen LogP contribution in [0.5, 0.6) is 0 Å². The molecule has 0 radical (unpaired) electrons. The molecule has 0 amide bonds. The van der Waals surface area contributed by atoms with E-state index in [9.17, 15) is 4.79 Å². The van der Waals surface area contributed by atoms with E-state index in [2.05, 4.69) is 11.9 Å². The van der Waals surface area contributed by atoms with Gasteiger partial charge >= 0.3 is 0 Å². The first kappa shape index (κ1) is 21.3. The van der Waals surface area contributed by atoms with Crippen molar-refractivity contribution in [3.8, 4) is 0 Å². The van der Waals surface area contributed by atoms with Gasteiger partial charge in [-0.3, -0.25) is 0 Å². The molecule has 130 valence electrons. The third-order valence-electron chi connectivity index (χ3n) is 4.05. The molecule has 0 aromatic carbocycles. The molecular formula is C19H37NO2. The highest BCUT2D eigenvalue weighted by Crippen LogP contribution is 2.12. The molecule has 0 rings (SSSR count). The van der Waals surface area contributed by atoms with Crippen LogP contribution in [0.1, 0.15) is 96.8 Å². The van der Waals surface area contributed by atoms with Crippen molar-refractivity contribution < 1.29 is 9.53 Å². The molecule has 3 nitrogen and oxygen atoms in total. The summed E-state index contributed by atoms with van der Waals surface area (Å²) in [6, 6.07) is 0. The second-order valence-electron chi connectivity index (χ2n) is 6.18. The molecule has 22 heavy (non-hydrogen) atoms. The van der Waals surface area contributed by atoms with E-state index >= 15 is 0 Å². The van der Waals surface area contributed by atoms with Crippen LogP contribution in [0.25, 0.3) is 0 Å². The summed E-state index contributed by atoms with van der Waals surface area (Å²) < 4.78 is 5.37. The van der Waals surface area contributed by atoms with E-state index in [0.717, 1.165) is 13.0 Å². The monoisotopic (exact) mass is 311 g/mol. The molecule has 0 unspecified atom stereocenters. The molecule has 0 aliphatic heterocycles. The van der Waals surface area contributed by atoms with Gasteiger partial charge < -0.3 is 4.74 Å². The SMILES string of the molecule is CCCCCCCCCCCCCCCCOCCN=C=O. The minimum absolute atomic E-state index is 0.447. The average molecular weight is 312 g/mol. The van der Waals surface area contributed by atoms with Gasteiger partial charge in [0.2, 0.25) is 6.08 Å².